The minimum absolute atomic E-state index is 0.138. The van der Waals surface area contributed by atoms with Crippen LogP contribution in [0.5, 0.6) is 0 Å². The zero-order valence-corrected chi connectivity index (χ0v) is 11.1. The number of nitrogen functional groups attached to an aromatic ring is 1. The summed E-state index contributed by atoms with van der Waals surface area (Å²) in [6.45, 7) is 4.74. The predicted octanol–water partition coefficient (Wildman–Crippen LogP) is -0.0865. The van der Waals surface area contributed by atoms with Crippen molar-refractivity contribution in [1.82, 2.24) is 14.9 Å². The van der Waals surface area contributed by atoms with Crippen LogP contribution < -0.4 is 11.3 Å². The number of aliphatic hydroxyl groups is 1. The van der Waals surface area contributed by atoms with Crippen LogP contribution in [0, 0.1) is 12.8 Å². The quantitative estimate of drug-likeness (QED) is 0.521. The van der Waals surface area contributed by atoms with E-state index < -0.39 is 6.10 Å². The molecule has 2 rings (SSSR count). The lowest BCUT2D eigenvalue weighted by molar-refractivity contribution is 0.0756. The molecular weight excluding hydrogens is 246 g/mol. The van der Waals surface area contributed by atoms with Crippen LogP contribution >= 0.6 is 0 Å². The van der Waals surface area contributed by atoms with E-state index in [1.54, 1.807) is 24.8 Å². The van der Waals surface area contributed by atoms with E-state index in [0.717, 1.165) is 6.42 Å². The second-order valence-electron chi connectivity index (χ2n) is 4.90. The maximum atomic E-state index is 12.3. The Morgan fingerprint density at radius 2 is 2.37 bits per heavy atom. The largest absolute Gasteiger partial charge is 0.393 e. The molecule has 0 radical (unpaired) electrons. The molecule has 7 nitrogen and oxygen atoms in total. The zero-order chi connectivity index (χ0) is 14.0. The summed E-state index contributed by atoms with van der Waals surface area (Å²) >= 11 is 0. The molecule has 1 saturated heterocycles. The molecule has 1 aliphatic rings. The molecule has 0 aliphatic carbocycles. The van der Waals surface area contributed by atoms with Gasteiger partial charge in [0.2, 0.25) is 5.95 Å². The number of aryl methyl sites for hydroxylation is 1. The highest BCUT2D eigenvalue weighted by molar-refractivity contribution is 5.92. The molecule has 1 aromatic rings. The maximum absolute atomic E-state index is 12.3. The Morgan fingerprint density at radius 3 is 2.95 bits per heavy atom. The van der Waals surface area contributed by atoms with Crippen molar-refractivity contribution in [3.63, 3.8) is 0 Å². The highest BCUT2D eigenvalue weighted by Gasteiger charge is 2.30. The van der Waals surface area contributed by atoms with E-state index in [1.165, 1.54) is 0 Å². The molecule has 1 fully saturated rings. The van der Waals surface area contributed by atoms with Gasteiger partial charge < -0.3 is 10.0 Å². The average molecular weight is 265 g/mol. The van der Waals surface area contributed by atoms with Crippen molar-refractivity contribution < 1.29 is 9.90 Å². The first-order valence-corrected chi connectivity index (χ1v) is 6.31. The van der Waals surface area contributed by atoms with Gasteiger partial charge in [-0.15, -0.1) is 0 Å². The number of nitrogens with zero attached hydrogens (tertiary/aromatic N) is 3. The molecule has 7 heteroatoms. The van der Waals surface area contributed by atoms with Gasteiger partial charge in [0.05, 0.1) is 6.10 Å². The zero-order valence-electron chi connectivity index (χ0n) is 11.1. The van der Waals surface area contributed by atoms with Crippen LogP contribution in [-0.2, 0) is 0 Å². The molecule has 4 N–H and O–H groups in total. The number of hydrogen-bond acceptors (Lipinski definition) is 6. The predicted molar refractivity (Wildman–Crippen MR) is 70.3 cm³/mol. The van der Waals surface area contributed by atoms with Gasteiger partial charge in [-0.1, -0.05) is 0 Å². The Morgan fingerprint density at radius 1 is 1.63 bits per heavy atom. The number of aromatic nitrogens is 2. The fraction of sp³-hybridized carbons (Fsp3) is 0.583. The summed E-state index contributed by atoms with van der Waals surface area (Å²) in [5.41, 5.74) is 3.35. The smallest absolute Gasteiger partial charge is 0.272 e. The maximum Gasteiger partial charge on any atom is 0.272 e. The third-order valence-corrected chi connectivity index (χ3v) is 3.40. The van der Waals surface area contributed by atoms with E-state index in [0.29, 0.717) is 24.5 Å². The molecule has 2 unspecified atom stereocenters. The third kappa shape index (κ3) is 2.99. The number of hydrogen-bond donors (Lipinski definition) is 3. The Labute approximate surface area is 111 Å². The SMILES string of the molecule is Cc1cc(C(=O)N2CCC(C(C)O)C2)nc(NN)n1. The van der Waals surface area contributed by atoms with Crippen LogP contribution in [0.15, 0.2) is 6.07 Å². The van der Waals surface area contributed by atoms with Gasteiger partial charge in [0.15, 0.2) is 0 Å². The number of hydrazine groups is 1. The van der Waals surface area contributed by atoms with Gasteiger partial charge in [-0.25, -0.2) is 15.8 Å². The van der Waals surface area contributed by atoms with Crippen molar-refractivity contribution in [3.8, 4) is 0 Å². The topological polar surface area (TPSA) is 104 Å². The van der Waals surface area contributed by atoms with E-state index in [2.05, 4.69) is 15.4 Å². The second-order valence-corrected chi connectivity index (χ2v) is 4.90. The molecule has 1 amide bonds. The number of rotatable bonds is 3. The van der Waals surface area contributed by atoms with Crippen LogP contribution in [0.2, 0.25) is 0 Å². The number of nitrogens with two attached hydrogens (primary N) is 1. The lowest BCUT2D eigenvalue weighted by atomic mass is 10.0. The fourth-order valence-electron chi connectivity index (χ4n) is 2.27. The first-order valence-electron chi connectivity index (χ1n) is 6.31. The summed E-state index contributed by atoms with van der Waals surface area (Å²) in [6, 6.07) is 1.64. The molecule has 0 saturated carbocycles. The number of carbonyl (C=O) groups excluding carboxylic acids is 1. The summed E-state index contributed by atoms with van der Waals surface area (Å²) < 4.78 is 0. The number of aliphatic hydroxyl groups excluding tert-OH is 1. The Kier molecular flexibility index (Phi) is 3.96. The second kappa shape index (κ2) is 5.50. The molecule has 0 spiro atoms. The van der Waals surface area contributed by atoms with Crippen molar-refractivity contribution in [2.24, 2.45) is 11.8 Å². The Bertz CT molecular complexity index is 477. The van der Waals surface area contributed by atoms with E-state index in [4.69, 9.17) is 5.84 Å². The van der Waals surface area contributed by atoms with E-state index >= 15 is 0 Å². The molecule has 19 heavy (non-hydrogen) atoms. The van der Waals surface area contributed by atoms with Gasteiger partial charge in [-0.3, -0.25) is 10.2 Å². The lowest BCUT2D eigenvalue weighted by Gasteiger charge is -2.17. The summed E-state index contributed by atoms with van der Waals surface area (Å²) in [5, 5.41) is 9.56. The van der Waals surface area contributed by atoms with Crippen LogP contribution in [0.25, 0.3) is 0 Å². The molecule has 0 bridgehead atoms. The number of amides is 1. The summed E-state index contributed by atoms with van der Waals surface area (Å²) in [6.07, 6.45) is 0.418. The molecule has 1 aliphatic heterocycles. The van der Waals surface area contributed by atoms with Crippen LogP contribution in [-0.4, -0.2) is 45.1 Å². The van der Waals surface area contributed by atoms with Gasteiger partial charge in [0.25, 0.3) is 5.91 Å². The van der Waals surface area contributed by atoms with E-state index in [9.17, 15) is 9.90 Å². The summed E-state index contributed by atoms with van der Waals surface area (Å²) in [7, 11) is 0. The first-order chi connectivity index (χ1) is 9.01. The normalized spacial score (nSPS) is 20.4. The highest BCUT2D eigenvalue weighted by Crippen LogP contribution is 2.21. The molecular formula is C12H19N5O2. The molecule has 2 atom stereocenters. The minimum atomic E-state index is -0.397. The lowest BCUT2D eigenvalue weighted by Crippen LogP contribution is -2.31. The standard InChI is InChI=1S/C12H19N5O2/c1-7-5-10(15-12(14-7)16-13)11(19)17-4-3-9(6-17)8(2)18/h5,8-9,18H,3-4,6,13H2,1-2H3,(H,14,15,16). The van der Waals surface area contributed by atoms with Gasteiger partial charge >= 0.3 is 0 Å². The fourth-order valence-corrected chi connectivity index (χ4v) is 2.27. The van der Waals surface area contributed by atoms with Gasteiger partial charge in [-0.2, -0.15) is 0 Å². The van der Waals surface area contributed by atoms with Crippen molar-refractivity contribution in [3.05, 3.63) is 17.5 Å². The van der Waals surface area contributed by atoms with Crippen molar-refractivity contribution in [1.29, 1.82) is 0 Å². The van der Waals surface area contributed by atoms with Crippen molar-refractivity contribution in [2.45, 2.75) is 26.4 Å². The average Bonchev–Trinajstić information content (AvgIpc) is 2.86. The number of carbonyl (C=O) groups is 1. The minimum Gasteiger partial charge on any atom is -0.393 e. The van der Waals surface area contributed by atoms with Gasteiger partial charge in [0, 0.05) is 24.7 Å². The summed E-state index contributed by atoms with van der Waals surface area (Å²) in [4.78, 5) is 22.1. The van der Waals surface area contributed by atoms with E-state index in [-0.39, 0.29) is 17.8 Å². The van der Waals surface area contributed by atoms with Crippen LogP contribution in [0.1, 0.15) is 29.5 Å². The number of anilines is 1. The molecule has 1 aromatic heterocycles. The number of likely N-dealkylation sites (tertiary alicyclic amines) is 1. The Hall–Kier alpha value is -1.73. The summed E-state index contributed by atoms with van der Waals surface area (Å²) in [5.74, 6) is 5.49. The van der Waals surface area contributed by atoms with E-state index in [1.807, 2.05) is 0 Å². The van der Waals surface area contributed by atoms with Crippen molar-refractivity contribution in [2.75, 3.05) is 18.5 Å². The Balaban J connectivity index is 2.14. The van der Waals surface area contributed by atoms with Crippen LogP contribution in [0.3, 0.4) is 0 Å². The first kappa shape index (κ1) is 13.7. The molecule has 2 heterocycles. The monoisotopic (exact) mass is 265 g/mol. The molecule has 0 aromatic carbocycles. The van der Waals surface area contributed by atoms with Crippen molar-refractivity contribution >= 4 is 11.9 Å². The highest BCUT2D eigenvalue weighted by atomic mass is 16.3. The van der Waals surface area contributed by atoms with Gasteiger partial charge in [-0.05, 0) is 26.3 Å². The number of nitrogens with one attached hydrogen (secondary N) is 1. The molecule has 104 valence electrons. The third-order valence-electron chi connectivity index (χ3n) is 3.40. The van der Waals surface area contributed by atoms with Crippen LogP contribution in [0.4, 0.5) is 5.95 Å². The van der Waals surface area contributed by atoms with Gasteiger partial charge in [0.1, 0.15) is 5.69 Å².